The molecule has 0 bridgehead atoms. The van der Waals surface area contributed by atoms with E-state index in [2.05, 4.69) is 34.0 Å². The highest BCUT2D eigenvalue weighted by atomic mass is 16.7. The molecule has 0 saturated carbocycles. The molecule has 1 atom stereocenters. The lowest BCUT2D eigenvalue weighted by Crippen LogP contribution is -2.48. The minimum Gasteiger partial charge on any atom is -0.490 e. The van der Waals surface area contributed by atoms with Gasteiger partial charge in [0.15, 0.2) is 23.0 Å². The van der Waals surface area contributed by atoms with Gasteiger partial charge < -0.3 is 24.3 Å². The van der Waals surface area contributed by atoms with Gasteiger partial charge in [0.05, 0.1) is 12.8 Å². The average Bonchev–Trinajstić information content (AvgIpc) is 3.47. The molecule has 1 aliphatic rings. The molecule has 2 N–H and O–H groups in total. The summed E-state index contributed by atoms with van der Waals surface area (Å²) in [6.07, 6.45) is 1.52. The van der Waals surface area contributed by atoms with Crippen molar-refractivity contribution in [3.8, 4) is 23.0 Å². The van der Waals surface area contributed by atoms with Gasteiger partial charge in [-0.25, -0.2) is 5.43 Å². The first-order valence-corrected chi connectivity index (χ1v) is 13.8. The molecule has 4 aromatic rings. The zero-order valence-corrected chi connectivity index (χ0v) is 23.8. The van der Waals surface area contributed by atoms with Gasteiger partial charge in [-0.1, -0.05) is 56.3 Å². The lowest BCUT2D eigenvalue weighted by Gasteiger charge is -2.20. The van der Waals surface area contributed by atoms with Crippen LogP contribution in [0.25, 0.3) is 10.8 Å². The van der Waals surface area contributed by atoms with E-state index in [4.69, 9.17) is 18.9 Å². The maximum absolute atomic E-state index is 12.9. The van der Waals surface area contributed by atoms with E-state index in [1.54, 1.807) is 24.3 Å². The SMILES string of the molecule is CCOc1cc(/C=N/NC(=O)C(NC(=O)c2ccc3c(c2)OCO3)C(C)C)ccc1OCc1cccc2ccccc12. The number of benzene rings is 4. The van der Waals surface area contributed by atoms with Gasteiger partial charge in [0.1, 0.15) is 12.6 Å². The van der Waals surface area contributed by atoms with Crippen LogP contribution >= 0.6 is 0 Å². The van der Waals surface area contributed by atoms with E-state index >= 15 is 0 Å². The molecule has 0 aliphatic carbocycles. The smallest absolute Gasteiger partial charge is 0.262 e. The largest absolute Gasteiger partial charge is 0.490 e. The van der Waals surface area contributed by atoms with Gasteiger partial charge in [-0.3, -0.25) is 9.59 Å². The van der Waals surface area contributed by atoms with Crippen LogP contribution in [0.15, 0.2) is 84.0 Å². The third-order valence-electron chi connectivity index (χ3n) is 6.79. The van der Waals surface area contributed by atoms with Crippen LogP contribution in [0, 0.1) is 5.92 Å². The number of ether oxygens (including phenoxy) is 4. The molecule has 4 aromatic carbocycles. The molecule has 1 aliphatic heterocycles. The molecule has 2 amide bonds. The van der Waals surface area contributed by atoms with Crippen LogP contribution in [0.1, 0.15) is 42.3 Å². The summed E-state index contributed by atoms with van der Waals surface area (Å²) in [6.45, 7) is 6.56. The topological polar surface area (TPSA) is 107 Å². The number of amides is 2. The van der Waals surface area contributed by atoms with Gasteiger partial charge in [0.25, 0.3) is 11.8 Å². The number of hydrogen-bond donors (Lipinski definition) is 2. The van der Waals surface area contributed by atoms with Crippen molar-refractivity contribution in [3.63, 3.8) is 0 Å². The summed E-state index contributed by atoms with van der Waals surface area (Å²) in [4.78, 5) is 25.8. The van der Waals surface area contributed by atoms with Gasteiger partial charge in [0, 0.05) is 5.56 Å². The van der Waals surface area contributed by atoms with Crippen LogP contribution in [0.5, 0.6) is 23.0 Å². The minimum absolute atomic E-state index is 0.113. The summed E-state index contributed by atoms with van der Waals surface area (Å²) >= 11 is 0. The summed E-state index contributed by atoms with van der Waals surface area (Å²) in [7, 11) is 0. The summed E-state index contributed by atoms with van der Waals surface area (Å²) in [5, 5.41) is 9.21. The molecule has 0 spiro atoms. The van der Waals surface area contributed by atoms with Crippen molar-refractivity contribution in [2.75, 3.05) is 13.4 Å². The molecular weight excluding hydrogens is 534 g/mol. The monoisotopic (exact) mass is 567 g/mol. The maximum atomic E-state index is 12.9. The first kappa shape index (κ1) is 28.5. The van der Waals surface area contributed by atoms with Crippen molar-refractivity contribution in [1.82, 2.24) is 10.7 Å². The number of hydrazone groups is 1. The number of hydrogen-bond acceptors (Lipinski definition) is 7. The molecule has 0 saturated heterocycles. The third kappa shape index (κ3) is 6.63. The Kier molecular flexibility index (Phi) is 8.87. The van der Waals surface area contributed by atoms with E-state index in [9.17, 15) is 9.59 Å². The van der Waals surface area contributed by atoms with Crippen LogP contribution in [0.2, 0.25) is 0 Å². The first-order chi connectivity index (χ1) is 20.4. The molecule has 9 nitrogen and oxygen atoms in total. The molecule has 1 unspecified atom stereocenters. The molecule has 9 heteroatoms. The Morgan fingerprint density at radius 3 is 2.57 bits per heavy atom. The maximum Gasteiger partial charge on any atom is 0.262 e. The summed E-state index contributed by atoms with van der Waals surface area (Å²) in [5.74, 6) is 1.24. The van der Waals surface area contributed by atoms with E-state index in [0.717, 1.165) is 16.3 Å². The lowest BCUT2D eigenvalue weighted by molar-refractivity contribution is -0.123. The highest BCUT2D eigenvalue weighted by molar-refractivity contribution is 5.98. The number of nitrogens with one attached hydrogen (secondary N) is 2. The predicted molar refractivity (Wildman–Crippen MR) is 160 cm³/mol. The third-order valence-corrected chi connectivity index (χ3v) is 6.79. The molecule has 0 radical (unpaired) electrons. The average molecular weight is 568 g/mol. The zero-order chi connectivity index (χ0) is 29.5. The number of carbonyl (C=O) groups excluding carboxylic acids is 2. The Labute approximate surface area is 244 Å². The second kappa shape index (κ2) is 13.1. The molecule has 0 fully saturated rings. The molecule has 1 heterocycles. The van der Waals surface area contributed by atoms with E-state index in [0.29, 0.717) is 47.3 Å². The lowest BCUT2D eigenvalue weighted by atomic mass is 10.0. The standard InChI is InChI=1S/C33H33N3O6/c1-4-39-29-16-22(12-14-27(29)40-19-25-10-7-9-23-8-5-6-11-26(23)25)18-34-36-33(38)31(21(2)3)35-32(37)24-13-15-28-30(17-24)42-20-41-28/h5-18,21,31H,4,19-20H2,1-3H3,(H,35,37)(H,36,38)/b34-18+. The van der Waals surface area contributed by atoms with Crippen LogP contribution in [-0.4, -0.2) is 37.5 Å². The number of nitrogens with zero attached hydrogens (tertiary/aromatic N) is 1. The number of fused-ring (bicyclic) bond motifs is 2. The van der Waals surface area contributed by atoms with Crippen LogP contribution < -0.4 is 29.7 Å². The summed E-state index contributed by atoms with van der Waals surface area (Å²) in [6, 6.07) is 23.9. The predicted octanol–water partition coefficient (Wildman–Crippen LogP) is 5.45. The van der Waals surface area contributed by atoms with Crippen molar-refractivity contribution < 1.29 is 28.5 Å². The molecule has 0 aromatic heterocycles. The van der Waals surface area contributed by atoms with Gasteiger partial charge in [-0.2, -0.15) is 5.10 Å². The Morgan fingerprint density at radius 1 is 0.929 bits per heavy atom. The fraction of sp³-hybridized carbons (Fsp3) is 0.242. The van der Waals surface area contributed by atoms with Gasteiger partial charge in [0.2, 0.25) is 6.79 Å². The Hall–Kier alpha value is -5.05. The first-order valence-electron chi connectivity index (χ1n) is 13.8. The van der Waals surface area contributed by atoms with Crippen LogP contribution in [-0.2, 0) is 11.4 Å². The van der Waals surface area contributed by atoms with Gasteiger partial charge >= 0.3 is 0 Å². The van der Waals surface area contributed by atoms with E-state index < -0.39 is 17.9 Å². The van der Waals surface area contributed by atoms with Crippen molar-refractivity contribution in [2.45, 2.75) is 33.4 Å². The van der Waals surface area contributed by atoms with E-state index in [1.165, 1.54) is 6.21 Å². The second-order valence-electron chi connectivity index (χ2n) is 10.1. The number of rotatable bonds is 11. The molecular formula is C33H33N3O6. The normalized spacial score (nSPS) is 12.9. The summed E-state index contributed by atoms with van der Waals surface area (Å²) in [5.41, 5.74) is 4.70. The Morgan fingerprint density at radius 2 is 1.74 bits per heavy atom. The van der Waals surface area contributed by atoms with E-state index in [1.807, 2.05) is 57.2 Å². The van der Waals surface area contributed by atoms with Crippen molar-refractivity contribution in [2.24, 2.45) is 11.0 Å². The minimum atomic E-state index is -0.802. The van der Waals surface area contributed by atoms with Crippen LogP contribution in [0.3, 0.4) is 0 Å². The molecule has 5 rings (SSSR count). The van der Waals surface area contributed by atoms with Gasteiger partial charge in [-0.15, -0.1) is 0 Å². The fourth-order valence-electron chi connectivity index (χ4n) is 4.60. The van der Waals surface area contributed by atoms with Crippen molar-refractivity contribution in [1.29, 1.82) is 0 Å². The fourth-order valence-corrected chi connectivity index (χ4v) is 4.60. The van der Waals surface area contributed by atoms with Crippen LogP contribution in [0.4, 0.5) is 0 Å². The highest BCUT2D eigenvalue weighted by Gasteiger charge is 2.25. The quantitative estimate of drug-likeness (QED) is 0.184. The Bertz CT molecular complexity index is 1610. The highest BCUT2D eigenvalue weighted by Crippen LogP contribution is 2.33. The van der Waals surface area contributed by atoms with Gasteiger partial charge in [-0.05, 0) is 71.1 Å². The molecule has 216 valence electrons. The second-order valence-corrected chi connectivity index (χ2v) is 10.1. The van der Waals surface area contributed by atoms with Crippen molar-refractivity contribution in [3.05, 3.63) is 95.6 Å². The number of carbonyl (C=O) groups is 2. The van der Waals surface area contributed by atoms with Crippen molar-refractivity contribution >= 4 is 28.8 Å². The molecule has 42 heavy (non-hydrogen) atoms. The zero-order valence-electron chi connectivity index (χ0n) is 23.8. The van der Waals surface area contributed by atoms with E-state index in [-0.39, 0.29) is 12.7 Å². The Balaban J connectivity index is 1.22. The summed E-state index contributed by atoms with van der Waals surface area (Å²) < 4.78 is 22.6.